The van der Waals surface area contributed by atoms with Crippen LogP contribution in [-0.2, 0) is 17.4 Å². The molecule has 1 fully saturated rings. The Labute approximate surface area is 163 Å². The molecule has 0 bridgehead atoms. The average Bonchev–Trinajstić information content (AvgIpc) is 2.95. The predicted molar refractivity (Wildman–Crippen MR) is 103 cm³/mol. The van der Waals surface area contributed by atoms with Crippen LogP contribution in [0.3, 0.4) is 0 Å². The number of aryl methyl sites for hydroxylation is 1. The molecule has 0 aliphatic carbocycles. The first kappa shape index (κ1) is 19.5. The Balaban J connectivity index is 1.83. The van der Waals surface area contributed by atoms with Gasteiger partial charge in [0.25, 0.3) is 5.91 Å². The summed E-state index contributed by atoms with van der Waals surface area (Å²) < 4.78 is 38.8. The minimum atomic E-state index is -4.57. The summed E-state index contributed by atoms with van der Waals surface area (Å²) in [7, 11) is 0. The van der Waals surface area contributed by atoms with E-state index in [9.17, 15) is 18.0 Å². The van der Waals surface area contributed by atoms with Crippen molar-refractivity contribution >= 4 is 46.2 Å². The van der Waals surface area contributed by atoms with Crippen LogP contribution < -0.4 is 5.32 Å². The lowest BCUT2D eigenvalue weighted by Crippen LogP contribution is -2.19. The molecule has 140 valence electrons. The van der Waals surface area contributed by atoms with Crippen molar-refractivity contribution in [3.8, 4) is 0 Å². The SMILES string of the molecule is CCc1ccc(/C=C2\SC(=Nc3ccc(Cl)c(C(F)(F)F)c3)NC2=O)cc1. The molecule has 0 atom stereocenters. The van der Waals surface area contributed by atoms with E-state index >= 15 is 0 Å². The van der Waals surface area contributed by atoms with Crippen molar-refractivity contribution in [2.75, 3.05) is 0 Å². The number of benzene rings is 2. The number of halogens is 4. The first-order valence-corrected chi connectivity index (χ1v) is 9.21. The fourth-order valence-electron chi connectivity index (χ4n) is 2.40. The van der Waals surface area contributed by atoms with Crippen LogP contribution in [0.5, 0.6) is 0 Å². The lowest BCUT2D eigenvalue weighted by Gasteiger charge is -2.09. The molecule has 0 radical (unpaired) electrons. The van der Waals surface area contributed by atoms with E-state index in [0.29, 0.717) is 4.91 Å². The zero-order chi connectivity index (χ0) is 19.6. The third-order valence-corrected chi connectivity index (χ3v) is 5.06. The summed E-state index contributed by atoms with van der Waals surface area (Å²) in [5, 5.41) is 2.38. The van der Waals surface area contributed by atoms with Gasteiger partial charge in [0.1, 0.15) is 0 Å². The normalized spacial score (nSPS) is 17.6. The number of amidine groups is 1. The standard InChI is InChI=1S/C19H14ClF3N2OS/c1-2-11-3-5-12(6-4-11)9-16-17(26)25-18(27-16)24-13-7-8-15(20)14(10-13)19(21,22)23/h3-10H,2H2,1H3,(H,24,25,26)/b16-9-. The largest absolute Gasteiger partial charge is 0.417 e. The molecule has 1 aliphatic rings. The van der Waals surface area contributed by atoms with Crippen LogP contribution in [0.4, 0.5) is 18.9 Å². The number of nitrogens with one attached hydrogen (secondary N) is 1. The molecule has 1 heterocycles. The molecule has 1 aliphatic heterocycles. The van der Waals surface area contributed by atoms with Crippen molar-refractivity contribution in [2.24, 2.45) is 4.99 Å². The Kier molecular flexibility index (Phi) is 5.62. The monoisotopic (exact) mass is 410 g/mol. The fraction of sp³-hybridized carbons (Fsp3) is 0.158. The summed E-state index contributed by atoms with van der Waals surface area (Å²) in [6, 6.07) is 11.1. The van der Waals surface area contributed by atoms with Crippen LogP contribution in [-0.4, -0.2) is 11.1 Å². The van der Waals surface area contributed by atoms with Crippen LogP contribution in [0.1, 0.15) is 23.6 Å². The summed E-state index contributed by atoms with van der Waals surface area (Å²) in [5.41, 5.74) is 1.14. The van der Waals surface area contributed by atoms with Gasteiger partial charge < -0.3 is 5.32 Å². The molecule has 0 unspecified atom stereocenters. The summed E-state index contributed by atoms with van der Waals surface area (Å²) in [6.45, 7) is 2.05. The number of carbonyl (C=O) groups excluding carboxylic acids is 1. The highest BCUT2D eigenvalue weighted by Gasteiger charge is 2.33. The van der Waals surface area contributed by atoms with E-state index in [1.54, 1.807) is 6.08 Å². The number of alkyl halides is 3. The molecule has 8 heteroatoms. The van der Waals surface area contributed by atoms with E-state index in [-0.39, 0.29) is 16.8 Å². The smallest absolute Gasteiger partial charge is 0.300 e. The van der Waals surface area contributed by atoms with Crippen molar-refractivity contribution in [3.05, 3.63) is 69.1 Å². The van der Waals surface area contributed by atoms with E-state index in [1.807, 2.05) is 24.3 Å². The number of rotatable bonds is 3. The Hall–Kier alpha value is -2.25. The van der Waals surface area contributed by atoms with Crippen molar-refractivity contribution < 1.29 is 18.0 Å². The van der Waals surface area contributed by atoms with Crippen LogP contribution in [0.25, 0.3) is 6.08 Å². The molecule has 1 amide bonds. The minimum Gasteiger partial charge on any atom is -0.300 e. The summed E-state index contributed by atoms with van der Waals surface area (Å²) >= 11 is 6.68. The molecular weight excluding hydrogens is 397 g/mol. The molecule has 0 aromatic heterocycles. The van der Waals surface area contributed by atoms with Gasteiger partial charge in [-0.1, -0.05) is 42.8 Å². The van der Waals surface area contributed by atoms with Crippen molar-refractivity contribution in [1.29, 1.82) is 0 Å². The van der Waals surface area contributed by atoms with Gasteiger partial charge in [-0.25, -0.2) is 4.99 Å². The first-order valence-electron chi connectivity index (χ1n) is 8.01. The highest BCUT2D eigenvalue weighted by atomic mass is 35.5. The van der Waals surface area contributed by atoms with Gasteiger partial charge >= 0.3 is 6.18 Å². The van der Waals surface area contributed by atoms with Gasteiger partial charge in [-0.05, 0) is 53.6 Å². The Morgan fingerprint density at radius 3 is 2.52 bits per heavy atom. The van der Waals surface area contributed by atoms with Crippen molar-refractivity contribution in [1.82, 2.24) is 5.32 Å². The molecule has 0 spiro atoms. The number of hydrogen-bond acceptors (Lipinski definition) is 3. The Morgan fingerprint density at radius 1 is 1.19 bits per heavy atom. The van der Waals surface area contributed by atoms with Crippen LogP contribution in [0.2, 0.25) is 5.02 Å². The maximum Gasteiger partial charge on any atom is 0.417 e. The third kappa shape index (κ3) is 4.73. The number of amides is 1. The van der Waals surface area contributed by atoms with E-state index in [4.69, 9.17) is 11.6 Å². The number of nitrogens with zero attached hydrogens (tertiary/aromatic N) is 1. The second kappa shape index (κ2) is 7.78. The van der Waals surface area contributed by atoms with Crippen LogP contribution in [0, 0.1) is 0 Å². The lowest BCUT2D eigenvalue weighted by atomic mass is 10.1. The molecule has 27 heavy (non-hydrogen) atoms. The van der Waals surface area contributed by atoms with E-state index in [2.05, 4.69) is 17.2 Å². The molecule has 0 saturated carbocycles. The van der Waals surface area contributed by atoms with Crippen molar-refractivity contribution in [2.45, 2.75) is 19.5 Å². The zero-order valence-electron chi connectivity index (χ0n) is 14.1. The van der Waals surface area contributed by atoms with E-state index in [0.717, 1.165) is 35.9 Å². The lowest BCUT2D eigenvalue weighted by molar-refractivity contribution is -0.137. The van der Waals surface area contributed by atoms with Gasteiger partial charge in [0, 0.05) is 0 Å². The maximum absolute atomic E-state index is 12.9. The van der Waals surface area contributed by atoms with Gasteiger partial charge in [-0.2, -0.15) is 13.2 Å². The third-order valence-electron chi connectivity index (χ3n) is 3.82. The predicted octanol–water partition coefficient (Wildman–Crippen LogP) is 5.81. The quantitative estimate of drug-likeness (QED) is 0.648. The Bertz CT molecular complexity index is 937. The first-order chi connectivity index (χ1) is 12.8. The van der Waals surface area contributed by atoms with Gasteiger partial charge in [0.15, 0.2) is 5.17 Å². The summed E-state index contributed by atoms with van der Waals surface area (Å²) in [6.07, 6.45) is -1.94. The summed E-state index contributed by atoms with van der Waals surface area (Å²) in [4.78, 5) is 16.6. The van der Waals surface area contributed by atoms with E-state index < -0.39 is 16.8 Å². The van der Waals surface area contributed by atoms with Gasteiger partial charge in [-0.15, -0.1) is 0 Å². The molecule has 1 N–H and O–H groups in total. The molecule has 2 aromatic rings. The number of carbonyl (C=O) groups is 1. The number of thioether (sulfide) groups is 1. The van der Waals surface area contributed by atoms with Crippen molar-refractivity contribution in [3.63, 3.8) is 0 Å². The van der Waals surface area contributed by atoms with Gasteiger partial charge in [0.05, 0.1) is 21.2 Å². The molecule has 1 saturated heterocycles. The highest BCUT2D eigenvalue weighted by Crippen LogP contribution is 2.37. The zero-order valence-corrected chi connectivity index (χ0v) is 15.7. The fourth-order valence-corrected chi connectivity index (χ4v) is 3.47. The van der Waals surface area contributed by atoms with Crippen LogP contribution >= 0.6 is 23.4 Å². The number of aliphatic imine (C=N–C) groups is 1. The van der Waals surface area contributed by atoms with E-state index in [1.165, 1.54) is 11.6 Å². The maximum atomic E-state index is 12.9. The minimum absolute atomic E-state index is 0.0584. The molecular formula is C19H14ClF3N2OS. The molecule has 3 nitrogen and oxygen atoms in total. The summed E-state index contributed by atoms with van der Waals surface area (Å²) in [5.74, 6) is -0.344. The van der Waals surface area contributed by atoms with Gasteiger partial charge in [0.2, 0.25) is 0 Å². The highest BCUT2D eigenvalue weighted by molar-refractivity contribution is 8.18. The van der Waals surface area contributed by atoms with Gasteiger partial charge in [-0.3, -0.25) is 4.79 Å². The second-order valence-corrected chi connectivity index (χ2v) is 7.18. The number of hydrogen-bond donors (Lipinski definition) is 1. The Morgan fingerprint density at radius 2 is 1.89 bits per heavy atom. The van der Waals surface area contributed by atoms with Crippen LogP contribution in [0.15, 0.2) is 52.4 Å². The molecule has 2 aromatic carbocycles. The second-order valence-electron chi connectivity index (χ2n) is 5.74. The molecule has 3 rings (SSSR count). The average molecular weight is 411 g/mol. The topological polar surface area (TPSA) is 41.5 Å².